The second kappa shape index (κ2) is 9.33. The second-order valence-corrected chi connectivity index (χ2v) is 5.68. The molecule has 0 fully saturated rings. The molecule has 2 aromatic rings. The number of hydrogen-bond acceptors (Lipinski definition) is 6. The molecule has 2 rings (SSSR count). The van der Waals surface area contributed by atoms with E-state index in [-0.39, 0.29) is 24.8 Å². The number of esters is 1. The lowest BCUT2D eigenvalue weighted by Gasteiger charge is -2.14. The van der Waals surface area contributed by atoms with Crippen LogP contribution in [0.25, 0.3) is 0 Å². The zero-order valence-corrected chi connectivity index (χ0v) is 15.2. The fourth-order valence-corrected chi connectivity index (χ4v) is 2.34. The molecule has 1 aromatic heterocycles. The minimum atomic E-state index is -0.833. The number of nitrogens with one attached hydrogen (secondary N) is 1. The smallest absolute Gasteiger partial charge is 0.329 e. The van der Waals surface area contributed by atoms with Crippen LogP contribution >= 0.6 is 24.2 Å². The fourth-order valence-electron chi connectivity index (χ4n) is 1.91. The highest BCUT2D eigenvalue weighted by molar-refractivity contribution is 7.80. The van der Waals surface area contributed by atoms with E-state index in [0.29, 0.717) is 10.8 Å². The van der Waals surface area contributed by atoms with Crippen molar-refractivity contribution >= 4 is 36.1 Å². The van der Waals surface area contributed by atoms with Gasteiger partial charge in [0.05, 0.1) is 11.6 Å². The summed E-state index contributed by atoms with van der Waals surface area (Å²) in [6, 6.07) is 7.73. The van der Waals surface area contributed by atoms with Crippen LogP contribution in [0.3, 0.4) is 0 Å². The molecular weight excluding hydrogens is 366 g/mol. The Kier molecular flexibility index (Phi) is 7.15. The minimum Gasteiger partial charge on any atom is -0.470 e. The summed E-state index contributed by atoms with van der Waals surface area (Å²) in [7, 11) is 0. The molecule has 0 spiro atoms. The van der Waals surface area contributed by atoms with Gasteiger partial charge in [0, 0.05) is 11.9 Å². The number of carbonyl (C=O) groups is 2. The molecule has 0 saturated carbocycles. The molecule has 0 unspecified atom stereocenters. The quantitative estimate of drug-likeness (QED) is 0.539. The van der Waals surface area contributed by atoms with Gasteiger partial charge in [0.2, 0.25) is 0 Å². The van der Waals surface area contributed by atoms with Gasteiger partial charge >= 0.3 is 5.97 Å². The Hall–Kier alpha value is -2.19. The van der Waals surface area contributed by atoms with Gasteiger partial charge in [-0.1, -0.05) is 23.7 Å². The lowest BCUT2D eigenvalue weighted by atomic mass is 10.3. The summed E-state index contributed by atoms with van der Waals surface area (Å²) in [5.41, 5.74) is 0.152. The number of halogens is 1. The van der Waals surface area contributed by atoms with Crippen molar-refractivity contribution in [2.75, 3.05) is 12.4 Å². The van der Waals surface area contributed by atoms with E-state index in [4.69, 9.17) is 21.1 Å². The maximum Gasteiger partial charge on any atom is 0.329 e. The van der Waals surface area contributed by atoms with Crippen LogP contribution < -0.4 is 10.1 Å². The average molecular weight is 384 g/mol. The van der Waals surface area contributed by atoms with E-state index in [0.717, 1.165) is 0 Å². The van der Waals surface area contributed by atoms with Gasteiger partial charge in [0.15, 0.2) is 6.73 Å². The molecule has 1 amide bonds. The monoisotopic (exact) mass is 383 g/mol. The van der Waals surface area contributed by atoms with E-state index in [1.807, 2.05) is 0 Å². The van der Waals surface area contributed by atoms with Crippen molar-refractivity contribution in [3.05, 3.63) is 47.2 Å². The van der Waals surface area contributed by atoms with E-state index in [1.165, 1.54) is 10.7 Å². The van der Waals surface area contributed by atoms with Gasteiger partial charge in [0.1, 0.15) is 17.5 Å². The number of benzene rings is 1. The van der Waals surface area contributed by atoms with E-state index < -0.39 is 17.9 Å². The maximum absolute atomic E-state index is 12.2. The molecule has 0 aliphatic rings. The molecule has 0 bridgehead atoms. The highest BCUT2D eigenvalue weighted by atomic mass is 35.5. The summed E-state index contributed by atoms with van der Waals surface area (Å²) in [6.45, 7) is 2.01. The number of ether oxygens (including phenoxy) is 2. The third kappa shape index (κ3) is 5.40. The first-order valence-corrected chi connectivity index (χ1v) is 8.55. The number of amides is 1. The molecule has 1 heterocycles. The Bertz CT molecular complexity index is 738. The van der Waals surface area contributed by atoms with E-state index >= 15 is 0 Å². The molecule has 7 nitrogen and oxygen atoms in total. The Labute approximate surface area is 155 Å². The van der Waals surface area contributed by atoms with Crippen LogP contribution in [0, 0.1) is 0 Å². The predicted molar refractivity (Wildman–Crippen MR) is 96.0 cm³/mol. The molecule has 1 atom stereocenters. The molecule has 1 aromatic carbocycles. The van der Waals surface area contributed by atoms with Crippen molar-refractivity contribution in [2.24, 2.45) is 0 Å². The van der Waals surface area contributed by atoms with Gasteiger partial charge in [-0.25, -0.2) is 9.48 Å². The van der Waals surface area contributed by atoms with Crippen LogP contribution in [0.5, 0.6) is 5.75 Å². The number of aromatic nitrogens is 2. The van der Waals surface area contributed by atoms with Crippen molar-refractivity contribution in [3.8, 4) is 5.75 Å². The van der Waals surface area contributed by atoms with Crippen molar-refractivity contribution < 1.29 is 19.1 Å². The molecule has 0 aliphatic carbocycles. The van der Waals surface area contributed by atoms with Gasteiger partial charge in [-0.2, -0.15) is 17.7 Å². The van der Waals surface area contributed by atoms with Crippen molar-refractivity contribution in [1.82, 2.24) is 15.1 Å². The first kappa shape index (κ1) is 19.1. The topological polar surface area (TPSA) is 82.5 Å². The minimum absolute atomic E-state index is 0.0882. The Morgan fingerprint density at radius 1 is 1.36 bits per heavy atom. The first-order chi connectivity index (χ1) is 12.0. The lowest BCUT2D eigenvalue weighted by molar-refractivity contribution is -0.144. The normalized spacial score (nSPS) is 11.6. The van der Waals surface area contributed by atoms with Gasteiger partial charge in [-0.05, 0) is 25.1 Å². The fraction of sp³-hybridized carbons (Fsp3) is 0.312. The molecule has 1 N–H and O–H groups in total. The van der Waals surface area contributed by atoms with Crippen LogP contribution in [0.2, 0.25) is 5.02 Å². The third-order valence-corrected chi connectivity index (χ3v) is 3.80. The molecule has 0 aliphatic heterocycles. The van der Waals surface area contributed by atoms with Crippen molar-refractivity contribution in [2.45, 2.75) is 19.7 Å². The van der Waals surface area contributed by atoms with Crippen LogP contribution in [-0.2, 0) is 16.3 Å². The van der Waals surface area contributed by atoms with Crippen LogP contribution in [0.1, 0.15) is 17.4 Å². The molecule has 9 heteroatoms. The van der Waals surface area contributed by atoms with E-state index in [2.05, 4.69) is 23.0 Å². The Morgan fingerprint density at radius 2 is 2.12 bits per heavy atom. The Morgan fingerprint density at radius 3 is 2.80 bits per heavy atom. The molecule has 134 valence electrons. The standard InChI is InChI=1S/C16H18ClN3O4S/c1-2-23-16(22)13(9-25)18-15(21)12-7-8-20(19-12)10-24-14-6-4-3-5-11(14)17/h3-8,13,25H,2,9-10H2,1H3,(H,18,21)/t13-/m0/s1. The lowest BCUT2D eigenvalue weighted by Crippen LogP contribution is -2.43. The van der Waals surface area contributed by atoms with Crippen LogP contribution in [-0.4, -0.2) is 40.1 Å². The van der Waals surface area contributed by atoms with E-state index in [9.17, 15) is 9.59 Å². The molecular formula is C16H18ClN3O4S. The predicted octanol–water partition coefficient (Wildman–Crippen LogP) is 2.16. The highest BCUT2D eigenvalue weighted by Gasteiger charge is 2.22. The van der Waals surface area contributed by atoms with Gasteiger partial charge in [-0.3, -0.25) is 4.79 Å². The third-order valence-electron chi connectivity index (χ3n) is 3.12. The zero-order chi connectivity index (χ0) is 18.2. The summed E-state index contributed by atoms with van der Waals surface area (Å²) < 4.78 is 11.9. The number of nitrogens with zero attached hydrogens (tertiary/aromatic N) is 2. The number of rotatable bonds is 8. The first-order valence-electron chi connectivity index (χ1n) is 7.54. The number of carbonyl (C=O) groups excluding carboxylic acids is 2. The van der Waals surface area contributed by atoms with Crippen LogP contribution in [0.4, 0.5) is 0 Å². The SMILES string of the molecule is CCOC(=O)[C@H](CS)NC(=O)c1ccn(COc2ccccc2Cl)n1. The average Bonchev–Trinajstić information content (AvgIpc) is 3.08. The van der Waals surface area contributed by atoms with Crippen molar-refractivity contribution in [1.29, 1.82) is 0 Å². The number of thiol groups is 1. The summed E-state index contributed by atoms with van der Waals surface area (Å²) in [4.78, 5) is 23.9. The zero-order valence-electron chi connectivity index (χ0n) is 13.5. The summed E-state index contributed by atoms with van der Waals surface area (Å²) in [5.74, 6) is -0.389. The van der Waals surface area contributed by atoms with Gasteiger partial charge in [-0.15, -0.1) is 0 Å². The number of para-hydroxylation sites is 1. The molecule has 0 saturated heterocycles. The Balaban J connectivity index is 1.94. The van der Waals surface area contributed by atoms with Gasteiger partial charge in [0.25, 0.3) is 5.91 Å². The van der Waals surface area contributed by atoms with Crippen LogP contribution in [0.15, 0.2) is 36.5 Å². The van der Waals surface area contributed by atoms with E-state index in [1.54, 1.807) is 37.4 Å². The highest BCUT2D eigenvalue weighted by Crippen LogP contribution is 2.23. The second-order valence-electron chi connectivity index (χ2n) is 4.90. The summed E-state index contributed by atoms with van der Waals surface area (Å²) >= 11 is 10.1. The maximum atomic E-state index is 12.2. The summed E-state index contributed by atoms with van der Waals surface area (Å²) in [6.07, 6.45) is 1.59. The largest absolute Gasteiger partial charge is 0.470 e. The molecule has 25 heavy (non-hydrogen) atoms. The number of hydrogen-bond donors (Lipinski definition) is 2. The van der Waals surface area contributed by atoms with Crippen molar-refractivity contribution in [3.63, 3.8) is 0 Å². The summed E-state index contributed by atoms with van der Waals surface area (Å²) in [5, 5.41) is 7.13. The van der Waals surface area contributed by atoms with Gasteiger partial charge < -0.3 is 14.8 Å². The molecule has 0 radical (unpaired) electrons.